The molecule has 0 radical (unpaired) electrons. The van der Waals surface area contributed by atoms with Crippen molar-refractivity contribution in [2.24, 2.45) is 4.99 Å². The third kappa shape index (κ3) is 7.94. The summed E-state index contributed by atoms with van der Waals surface area (Å²) >= 11 is 1.22. The number of amidine groups is 1. The molecule has 3 amide bonds. The van der Waals surface area contributed by atoms with Crippen LogP contribution in [0.5, 0.6) is 11.5 Å². The topological polar surface area (TPSA) is 111 Å². The maximum Gasteiger partial charge on any atom is 0.573 e. The van der Waals surface area contributed by atoms with Gasteiger partial charge in [-0.2, -0.15) is 4.99 Å². The summed E-state index contributed by atoms with van der Waals surface area (Å²) in [5.74, 6) is 0.846. The molecule has 10 nitrogen and oxygen atoms in total. The number of aromatic nitrogens is 3. The van der Waals surface area contributed by atoms with Gasteiger partial charge in [0.15, 0.2) is 11.0 Å². The van der Waals surface area contributed by atoms with Crippen molar-refractivity contribution in [2.75, 3.05) is 17.8 Å². The second-order valence-electron chi connectivity index (χ2n) is 11.2. The fourth-order valence-electron chi connectivity index (χ4n) is 4.99. The van der Waals surface area contributed by atoms with E-state index in [0.29, 0.717) is 28.1 Å². The van der Waals surface area contributed by atoms with Gasteiger partial charge in [0.25, 0.3) is 0 Å². The molecule has 0 bridgehead atoms. The van der Waals surface area contributed by atoms with E-state index in [-0.39, 0.29) is 35.3 Å². The highest BCUT2D eigenvalue weighted by atomic mass is 32.2. The molecule has 2 atom stereocenters. The maximum absolute atomic E-state index is 13.0. The Morgan fingerprint density at radius 1 is 1.00 bits per heavy atom. The number of ether oxygens (including phenoxy) is 2. The van der Waals surface area contributed by atoms with Gasteiger partial charge in [-0.1, -0.05) is 56.8 Å². The summed E-state index contributed by atoms with van der Waals surface area (Å²) in [4.78, 5) is 36.0. The summed E-state index contributed by atoms with van der Waals surface area (Å²) in [6, 6.07) is 17.5. The van der Waals surface area contributed by atoms with E-state index in [1.165, 1.54) is 51.9 Å². The van der Waals surface area contributed by atoms with Gasteiger partial charge in [0, 0.05) is 17.5 Å². The fourth-order valence-corrected chi connectivity index (χ4v) is 5.85. The van der Waals surface area contributed by atoms with Crippen molar-refractivity contribution in [2.45, 2.75) is 51.9 Å². The van der Waals surface area contributed by atoms with Crippen LogP contribution in [0.2, 0.25) is 0 Å². The number of rotatable bonds is 9. The quantitative estimate of drug-likeness (QED) is 0.200. The summed E-state index contributed by atoms with van der Waals surface area (Å²) in [6.07, 6.45) is -3.29. The number of thioether (sulfide) groups is 1. The number of carbonyl (C=O) groups excluding carboxylic acids is 2. The molecule has 47 heavy (non-hydrogen) atoms. The van der Waals surface area contributed by atoms with Gasteiger partial charge in [-0.05, 0) is 66.4 Å². The SMILES string of the molecule is COc1ccc(N2C(=O)CS/C2=N\C(=O)NC(C)C(C)c2ccc(-c3ncn(-c4ccc(OC(F)(F)F)cc4)n3)cc2)c(C(C)C)c1. The van der Waals surface area contributed by atoms with Crippen molar-refractivity contribution >= 4 is 34.6 Å². The van der Waals surface area contributed by atoms with Crippen molar-refractivity contribution in [3.05, 3.63) is 84.2 Å². The van der Waals surface area contributed by atoms with Gasteiger partial charge in [-0.3, -0.25) is 9.69 Å². The highest BCUT2D eigenvalue weighted by molar-refractivity contribution is 8.15. The van der Waals surface area contributed by atoms with E-state index in [2.05, 4.69) is 25.1 Å². The van der Waals surface area contributed by atoms with Gasteiger partial charge in [-0.25, -0.2) is 14.5 Å². The summed E-state index contributed by atoms with van der Waals surface area (Å²) in [6.45, 7) is 7.92. The first-order chi connectivity index (χ1) is 22.3. The number of aliphatic imine (C=N–C) groups is 1. The van der Waals surface area contributed by atoms with E-state index in [1.807, 2.05) is 64.1 Å². The fraction of sp³-hybridized carbons (Fsp3) is 0.303. The lowest BCUT2D eigenvalue weighted by molar-refractivity contribution is -0.274. The standard InChI is InChI=1S/C33H33F3N6O4S/c1-19(2)27-16-26(45-5)14-15-28(27)42-29(43)17-47-32(42)39-31(44)38-21(4)20(3)22-6-8-23(9-7-22)30-37-18-41(40-30)24-10-12-25(13-11-24)46-33(34,35)36/h6-16,18-21H,17H2,1-5H3,(H,38,44)/b39-32-. The molecule has 1 saturated heterocycles. The lowest BCUT2D eigenvalue weighted by atomic mass is 9.93. The molecular weight excluding hydrogens is 633 g/mol. The molecule has 0 saturated carbocycles. The van der Waals surface area contributed by atoms with Crippen LogP contribution in [0.1, 0.15) is 50.7 Å². The Bertz CT molecular complexity index is 1770. The molecule has 1 aromatic heterocycles. The molecule has 1 aliphatic heterocycles. The lowest BCUT2D eigenvalue weighted by Gasteiger charge is -2.23. The molecular formula is C33H33F3N6O4S. The first kappa shape index (κ1) is 33.5. The number of hydrogen-bond acceptors (Lipinski definition) is 7. The minimum absolute atomic E-state index is 0.0840. The normalized spacial score (nSPS) is 15.6. The number of hydrogen-bond donors (Lipinski definition) is 1. The predicted molar refractivity (Wildman–Crippen MR) is 174 cm³/mol. The minimum atomic E-state index is -4.77. The second-order valence-corrected chi connectivity index (χ2v) is 12.1. The summed E-state index contributed by atoms with van der Waals surface area (Å²) in [5.41, 5.74) is 3.80. The smallest absolute Gasteiger partial charge is 0.497 e. The zero-order valence-corrected chi connectivity index (χ0v) is 27.1. The molecule has 1 fully saturated rings. The maximum atomic E-state index is 13.0. The Labute approximate surface area is 274 Å². The first-order valence-electron chi connectivity index (χ1n) is 14.7. The number of amides is 3. The van der Waals surface area contributed by atoms with Gasteiger partial charge in [0.1, 0.15) is 17.8 Å². The van der Waals surface area contributed by atoms with Gasteiger partial charge in [0.05, 0.1) is 24.2 Å². The van der Waals surface area contributed by atoms with E-state index in [4.69, 9.17) is 4.74 Å². The van der Waals surface area contributed by atoms with Crippen LogP contribution >= 0.6 is 11.8 Å². The summed E-state index contributed by atoms with van der Waals surface area (Å²) < 4.78 is 48.1. The molecule has 5 rings (SSSR count). The number of benzene rings is 3. The first-order valence-corrected chi connectivity index (χ1v) is 15.7. The number of halogens is 3. The van der Waals surface area contributed by atoms with Crippen molar-refractivity contribution < 1.29 is 32.2 Å². The van der Waals surface area contributed by atoms with Crippen LogP contribution in [0.15, 0.2) is 78.0 Å². The second kappa shape index (κ2) is 13.9. The summed E-state index contributed by atoms with van der Waals surface area (Å²) in [7, 11) is 1.59. The van der Waals surface area contributed by atoms with Crippen molar-refractivity contribution in [3.8, 4) is 28.6 Å². The van der Waals surface area contributed by atoms with E-state index >= 15 is 0 Å². The third-order valence-corrected chi connectivity index (χ3v) is 8.61. The highest BCUT2D eigenvalue weighted by Gasteiger charge is 2.33. The molecule has 2 unspecified atom stereocenters. The van der Waals surface area contributed by atoms with Gasteiger partial charge in [0.2, 0.25) is 5.91 Å². The van der Waals surface area contributed by atoms with Gasteiger partial charge < -0.3 is 14.8 Å². The lowest BCUT2D eigenvalue weighted by Crippen LogP contribution is -2.36. The molecule has 246 valence electrons. The largest absolute Gasteiger partial charge is 0.573 e. The molecule has 0 spiro atoms. The summed E-state index contributed by atoms with van der Waals surface area (Å²) in [5, 5.41) is 7.70. The average molecular weight is 667 g/mol. The number of nitrogens with zero attached hydrogens (tertiary/aromatic N) is 5. The number of alkyl halides is 3. The zero-order chi connectivity index (χ0) is 33.9. The predicted octanol–water partition coefficient (Wildman–Crippen LogP) is 7.30. The molecule has 1 N–H and O–H groups in total. The number of methoxy groups -OCH3 is 1. The Morgan fingerprint density at radius 2 is 1.68 bits per heavy atom. The number of anilines is 1. The molecule has 2 heterocycles. The number of urea groups is 1. The Hall–Kier alpha value is -4.85. The van der Waals surface area contributed by atoms with Crippen LogP contribution in [-0.2, 0) is 4.79 Å². The van der Waals surface area contributed by atoms with Crippen LogP contribution in [0.3, 0.4) is 0 Å². The minimum Gasteiger partial charge on any atom is -0.497 e. The molecule has 1 aliphatic rings. The van der Waals surface area contributed by atoms with Crippen LogP contribution in [-0.4, -0.2) is 57.1 Å². The van der Waals surface area contributed by atoms with E-state index < -0.39 is 12.4 Å². The highest BCUT2D eigenvalue weighted by Crippen LogP contribution is 2.36. The van der Waals surface area contributed by atoms with Crippen molar-refractivity contribution in [1.82, 2.24) is 20.1 Å². The molecule has 4 aromatic rings. The Balaban J connectivity index is 1.24. The molecule has 0 aliphatic carbocycles. The van der Waals surface area contributed by atoms with Crippen molar-refractivity contribution in [1.29, 1.82) is 0 Å². The van der Waals surface area contributed by atoms with Crippen molar-refractivity contribution in [3.63, 3.8) is 0 Å². The van der Waals surface area contributed by atoms with Crippen LogP contribution < -0.4 is 19.7 Å². The van der Waals surface area contributed by atoms with E-state index in [9.17, 15) is 22.8 Å². The van der Waals surface area contributed by atoms with E-state index in [1.54, 1.807) is 13.2 Å². The Kier molecular flexibility index (Phi) is 9.89. The number of nitrogens with one attached hydrogen (secondary N) is 1. The zero-order valence-electron chi connectivity index (χ0n) is 26.3. The number of carbonyl (C=O) groups is 2. The van der Waals surface area contributed by atoms with E-state index in [0.717, 1.165) is 16.7 Å². The van der Waals surface area contributed by atoms with Crippen LogP contribution in [0.25, 0.3) is 17.1 Å². The monoisotopic (exact) mass is 666 g/mol. The molecule has 3 aromatic carbocycles. The average Bonchev–Trinajstić information content (AvgIpc) is 3.67. The van der Waals surface area contributed by atoms with Gasteiger partial charge >= 0.3 is 12.4 Å². The van der Waals surface area contributed by atoms with Crippen LogP contribution in [0, 0.1) is 0 Å². The third-order valence-electron chi connectivity index (χ3n) is 7.68. The molecule has 14 heteroatoms. The van der Waals surface area contributed by atoms with Crippen LogP contribution in [0.4, 0.5) is 23.7 Å². The van der Waals surface area contributed by atoms with Gasteiger partial charge in [-0.15, -0.1) is 18.3 Å². The Morgan fingerprint density at radius 3 is 2.32 bits per heavy atom.